The van der Waals surface area contributed by atoms with Gasteiger partial charge in [-0.2, -0.15) is 0 Å². The van der Waals surface area contributed by atoms with E-state index in [4.69, 9.17) is 23.2 Å². The maximum atomic E-state index is 11.4. The molecule has 5 nitrogen and oxygen atoms in total. The Morgan fingerprint density at radius 2 is 1.93 bits per heavy atom. The lowest BCUT2D eigenvalue weighted by Crippen LogP contribution is -2.41. The fourth-order valence-corrected chi connectivity index (χ4v) is 1.71. The molecule has 1 atom stereocenters. The Morgan fingerprint density at radius 1 is 1.27 bits per heavy atom. The largest absolute Gasteiger partial charge is 0.448 e. The van der Waals surface area contributed by atoms with Crippen molar-refractivity contribution >= 4 is 35.3 Å². The lowest BCUT2D eigenvalue weighted by molar-refractivity contribution is -0.146. The van der Waals surface area contributed by atoms with Gasteiger partial charge in [-0.15, -0.1) is 0 Å². The first-order valence-corrected chi connectivity index (χ1v) is 5.49. The van der Waals surface area contributed by atoms with Crippen LogP contribution < -0.4 is 0 Å². The predicted molar refractivity (Wildman–Crippen MR) is 53.7 cm³/mol. The van der Waals surface area contributed by atoms with Gasteiger partial charge in [0.25, 0.3) is 0 Å². The molecule has 1 saturated heterocycles. The topological polar surface area (TPSA) is 55.8 Å². The van der Waals surface area contributed by atoms with Gasteiger partial charge in [-0.1, -0.05) is 23.2 Å². The average Bonchev–Trinajstić information content (AvgIpc) is 2.66. The molecular weight excluding hydrogens is 245 g/mol. The van der Waals surface area contributed by atoms with Crippen LogP contribution in [0, 0.1) is 0 Å². The zero-order valence-electron chi connectivity index (χ0n) is 7.95. The number of hydrogen-bond donors (Lipinski definition) is 0. The maximum absolute atomic E-state index is 11.4. The quantitative estimate of drug-likeness (QED) is 0.567. The van der Waals surface area contributed by atoms with Crippen LogP contribution in [-0.2, 0) is 14.3 Å². The van der Waals surface area contributed by atoms with Crippen LogP contribution in [0.2, 0.25) is 0 Å². The minimum atomic E-state index is -0.598. The van der Waals surface area contributed by atoms with E-state index in [1.54, 1.807) is 0 Å². The molecule has 1 heterocycles. The molecule has 0 bridgehead atoms. The molecule has 0 radical (unpaired) electrons. The van der Waals surface area contributed by atoms with Crippen molar-refractivity contribution in [1.29, 1.82) is 0 Å². The van der Waals surface area contributed by atoms with Crippen molar-refractivity contribution in [3.63, 3.8) is 0 Å². The van der Waals surface area contributed by atoms with Crippen LogP contribution in [-0.4, -0.2) is 41.7 Å². The van der Waals surface area contributed by atoms with Gasteiger partial charge in [0.1, 0.15) is 6.04 Å². The second kappa shape index (κ2) is 6.02. The summed E-state index contributed by atoms with van der Waals surface area (Å²) in [5.41, 5.74) is 0. The number of hydrogen-bond acceptors (Lipinski definition) is 4. The van der Waals surface area contributed by atoms with Crippen LogP contribution >= 0.6 is 23.2 Å². The molecule has 7 heteroatoms. The number of amides is 1. The Morgan fingerprint density at radius 3 is 2.53 bits per heavy atom. The highest BCUT2D eigenvalue weighted by atomic mass is 35.5. The summed E-state index contributed by atoms with van der Waals surface area (Å²) in [6.45, 7) is 0.470. The molecule has 0 N–H and O–H groups in total. The second-order valence-electron chi connectivity index (χ2n) is 2.94. The first-order chi connectivity index (χ1) is 7.20. The number of carbonyl (C=O) groups is 2. The zero-order valence-corrected chi connectivity index (χ0v) is 9.46. The van der Waals surface area contributed by atoms with Crippen LogP contribution in [0.4, 0.5) is 4.79 Å². The Bertz CT molecular complexity index is 225. The van der Waals surface area contributed by atoms with Gasteiger partial charge >= 0.3 is 12.1 Å². The van der Waals surface area contributed by atoms with Crippen molar-refractivity contribution in [2.24, 2.45) is 0 Å². The summed E-state index contributed by atoms with van der Waals surface area (Å²) in [6, 6.07) is -1.04. The third-order valence-electron chi connectivity index (χ3n) is 2.13. The molecule has 86 valence electrons. The molecule has 0 spiro atoms. The third kappa shape index (κ3) is 3.14. The summed E-state index contributed by atoms with van der Waals surface area (Å²) in [5.74, 6) is -0.506. The summed E-state index contributed by atoms with van der Waals surface area (Å²) in [5, 5.41) is 0. The molecule has 1 unspecified atom stereocenters. The van der Waals surface area contributed by atoms with Crippen LogP contribution in [0.5, 0.6) is 0 Å². The standard InChI is InChI=1S/C8H11Cl2NO4/c9-4-14-7(12)6-2-1-3-11(6)8(13)15-5-10/h6H,1-5H2. The highest BCUT2D eigenvalue weighted by Gasteiger charge is 2.36. The van der Waals surface area contributed by atoms with Crippen LogP contribution in [0.15, 0.2) is 0 Å². The number of nitrogens with zero attached hydrogens (tertiary/aromatic N) is 1. The Labute approximate surface area is 97.2 Å². The van der Waals surface area contributed by atoms with E-state index in [0.717, 1.165) is 6.42 Å². The molecule has 0 saturated carbocycles. The van der Waals surface area contributed by atoms with E-state index >= 15 is 0 Å². The van der Waals surface area contributed by atoms with Crippen LogP contribution in [0.3, 0.4) is 0 Å². The van der Waals surface area contributed by atoms with Gasteiger partial charge in [-0.25, -0.2) is 9.59 Å². The lowest BCUT2D eigenvalue weighted by Gasteiger charge is -2.21. The van der Waals surface area contributed by atoms with E-state index in [2.05, 4.69) is 9.47 Å². The van der Waals surface area contributed by atoms with Crippen molar-refractivity contribution in [3.05, 3.63) is 0 Å². The maximum Gasteiger partial charge on any atom is 0.411 e. The van der Waals surface area contributed by atoms with Crippen molar-refractivity contribution < 1.29 is 19.1 Å². The molecule has 0 aromatic carbocycles. The lowest BCUT2D eigenvalue weighted by atomic mass is 10.2. The molecule has 1 fully saturated rings. The number of ether oxygens (including phenoxy) is 2. The predicted octanol–water partition coefficient (Wildman–Crippen LogP) is 1.52. The van der Waals surface area contributed by atoms with Gasteiger partial charge in [0.2, 0.25) is 0 Å². The highest BCUT2D eigenvalue weighted by Crippen LogP contribution is 2.19. The Kier molecular flexibility index (Phi) is 4.98. The third-order valence-corrected chi connectivity index (χ3v) is 2.35. The van der Waals surface area contributed by atoms with Crippen molar-refractivity contribution in [2.75, 3.05) is 18.7 Å². The van der Waals surface area contributed by atoms with Crippen LogP contribution in [0.1, 0.15) is 12.8 Å². The second-order valence-corrected chi connectivity index (χ2v) is 3.38. The van der Waals surface area contributed by atoms with Crippen molar-refractivity contribution in [3.8, 4) is 0 Å². The number of likely N-dealkylation sites (tertiary alicyclic amines) is 1. The molecule has 0 aromatic heterocycles. The van der Waals surface area contributed by atoms with Gasteiger partial charge in [-0.05, 0) is 12.8 Å². The fourth-order valence-electron chi connectivity index (χ4n) is 1.51. The average molecular weight is 256 g/mol. The summed E-state index contributed by atoms with van der Waals surface area (Å²) in [7, 11) is 0. The summed E-state index contributed by atoms with van der Waals surface area (Å²) >= 11 is 10.5. The van der Waals surface area contributed by atoms with Crippen LogP contribution in [0.25, 0.3) is 0 Å². The molecule has 1 amide bonds. The van der Waals surface area contributed by atoms with Gasteiger partial charge in [0, 0.05) is 6.54 Å². The van der Waals surface area contributed by atoms with E-state index in [1.165, 1.54) is 4.90 Å². The highest BCUT2D eigenvalue weighted by molar-refractivity contribution is 6.17. The number of alkyl halides is 2. The molecule has 1 aliphatic heterocycles. The molecular formula is C8H11Cl2NO4. The summed E-state index contributed by atoms with van der Waals surface area (Å²) < 4.78 is 9.22. The van der Waals surface area contributed by atoms with E-state index < -0.39 is 18.1 Å². The van der Waals surface area contributed by atoms with E-state index in [0.29, 0.717) is 13.0 Å². The SMILES string of the molecule is O=C(OCCl)C1CCCN1C(=O)OCCl. The Balaban J connectivity index is 2.56. The summed E-state index contributed by atoms with van der Waals surface area (Å²) in [6.07, 6.45) is 0.700. The van der Waals surface area contributed by atoms with E-state index in [9.17, 15) is 9.59 Å². The fraction of sp³-hybridized carbons (Fsp3) is 0.750. The monoisotopic (exact) mass is 255 g/mol. The minimum Gasteiger partial charge on any atom is -0.448 e. The van der Waals surface area contributed by atoms with Gasteiger partial charge in [0.05, 0.1) is 0 Å². The number of esters is 1. The zero-order chi connectivity index (χ0) is 11.3. The molecule has 1 aliphatic rings. The molecule has 0 aromatic rings. The van der Waals surface area contributed by atoms with Gasteiger partial charge < -0.3 is 9.47 Å². The smallest absolute Gasteiger partial charge is 0.411 e. The normalized spacial score (nSPS) is 20.1. The summed E-state index contributed by atoms with van der Waals surface area (Å²) in [4.78, 5) is 24.0. The first kappa shape index (κ1) is 12.4. The van der Waals surface area contributed by atoms with E-state index in [-0.39, 0.29) is 12.1 Å². The van der Waals surface area contributed by atoms with Gasteiger partial charge in [-0.3, -0.25) is 4.90 Å². The molecule has 0 aliphatic carbocycles. The number of rotatable bonds is 3. The number of halogens is 2. The minimum absolute atomic E-state index is 0.215. The van der Waals surface area contributed by atoms with Crippen molar-refractivity contribution in [2.45, 2.75) is 18.9 Å². The molecule has 15 heavy (non-hydrogen) atoms. The number of carbonyl (C=O) groups excluding carboxylic acids is 2. The Hall–Kier alpha value is -0.680. The van der Waals surface area contributed by atoms with E-state index in [1.807, 2.05) is 0 Å². The van der Waals surface area contributed by atoms with Crippen molar-refractivity contribution in [1.82, 2.24) is 4.90 Å². The van der Waals surface area contributed by atoms with Gasteiger partial charge in [0.15, 0.2) is 12.1 Å². The first-order valence-electron chi connectivity index (χ1n) is 4.42. The molecule has 1 rings (SSSR count).